The zero-order valence-electron chi connectivity index (χ0n) is 11.3. The van der Waals surface area contributed by atoms with Crippen molar-refractivity contribution in [2.24, 2.45) is 23.7 Å². The lowest BCUT2D eigenvalue weighted by Gasteiger charge is -2.53. The molecular weight excluding hydrogens is 244 g/mol. The van der Waals surface area contributed by atoms with Gasteiger partial charge in [-0.3, -0.25) is 4.79 Å². The molecule has 2 unspecified atom stereocenters. The van der Waals surface area contributed by atoms with Crippen LogP contribution in [0, 0.1) is 23.7 Å². The molecule has 1 saturated heterocycles. The first-order valence-corrected chi connectivity index (χ1v) is 7.40. The highest BCUT2D eigenvalue weighted by molar-refractivity contribution is 5.73. The van der Waals surface area contributed by atoms with Gasteiger partial charge in [0, 0.05) is 11.8 Å². The minimum Gasteiger partial charge on any atom is -0.466 e. The van der Waals surface area contributed by atoms with E-state index in [0.29, 0.717) is 49.9 Å². The number of carbonyl (C=O) groups excluding carboxylic acids is 1. The fraction of sp³-hybridized carbons (Fsp3) is 0.800. The van der Waals surface area contributed by atoms with E-state index < -0.39 is 0 Å². The van der Waals surface area contributed by atoms with Gasteiger partial charge in [-0.1, -0.05) is 11.6 Å². The molecular formula is C15H20O4. The van der Waals surface area contributed by atoms with Crippen molar-refractivity contribution in [3.05, 3.63) is 11.6 Å². The minimum atomic E-state index is -0.337. The van der Waals surface area contributed by atoms with E-state index in [1.165, 1.54) is 18.4 Å². The molecule has 4 rings (SSSR count). The van der Waals surface area contributed by atoms with Gasteiger partial charge in [0.15, 0.2) is 5.79 Å². The lowest BCUT2D eigenvalue weighted by Crippen LogP contribution is -2.60. The van der Waals surface area contributed by atoms with Crippen LogP contribution in [0.15, 0.2) is 11.6 Å². The molecule has 4 heteroatoms. The number of hydrogen-bond acceptors (Lipinski definition) is 4. The highest BCUT2D eigenvalue weighted by atomic mass is 16.7. The molecule has 0 aromatic carbocycles. The zero-order valence-corrected chi connectivity index (χ0v) is 11.3. The van der Waals surface area contributed by atoms with Crippen molar-refractivity contribution in [3.8, 4) is 0 Å². The summed E-state index contributed by atoms with van der Waals surface area (Å²) < 4.78 is 17.0. The van der Waals surface area contributed by atoms with Gasteiger partial charge < -0.3 is 14.2 Å². The van der Waals surface area contributed by atoms with Crippen LogP contribution in [0.2, 0.25) is 0 Å². The summed E-state index contributed by atoms with van der Waals surface area (Å²) in [5, 5.41) is 0. The summed E-state index contributed by atoms with van der Waals surface area (Å²) in [6.07, 6.45) is 5.05. The van der Waals surface area contributed by atoms with Gasteiger partial charge in [-0.05, 0) is 31.6 Å². The smallest absolute Gasteiger partial charge is 0.309 e. The third-order valence-corrected chi connectivity index (χ3v) is 5.38. The van der Waals surface area contributed by atoms with E-state index >= 15 is 0 Å². The maximum Gasteiger partial charge on any atom is 0.309 e. The first-order valence-electron chi connectivity index (χ1n) is 7.40. The Morgan fingerprint density at radius 1 is 1.42 bits per heavy atom. The van der Waals surface area contributed by atoms with Crippen molar-refractivity contribution in [1.29, 1.82) is 0 Å². The maximum atomic E-state index is 11.7. The molecule has 0 bridgehead atoms. The van der Waals surface area contributed by atoms with E-state index in [-0.39, 0.29) is 11.8 Å². The first kappa shape index (κ1) is 11.9. The Balaban J connectivity index is 1.56. The van der Waals surface area contributed by atoms with Gasteiger partial charge in [0.25, 0.3) is 0 Å². The van der Waals surface area contributed by atoms with Gasteiger partial charge in [-0.2, -0.15) is 0 Å². The fourth-order valence-corrected chi connectivity index (χ4v) is 4.82. The number of esters is 1. The molecule has 0 aromatic rings. The molecule has 19 heavy (non-hydrogen) atoms. The molecule has 4 atom stereocenters. The van der Waals surface area contributed by atoms with Crippen molar-refractivity contribution >= 4 is 5.97 Å². The SMILES string of the molecule is CCOC(=O)CC1=CC2[C@@H]3C1CC[C@@H]3C21OCCO1. The van der Waals surface area contributed by atoms with Crippen molar-refractivity contribution in [3.63, 3.8) is 0 Å². The quantitative estimate of drug-likeness (QED) is 0.577. The van der Waals surface area contributed by atoms with Crippen LogP contribution >= 0.6 is 0 Å². The Bertz CT molecular complexity index is 435. The summed E-state index contributed by atoms with van der Waals surface area (Å²) in [4.78, 5) is 11.7. The molecule has 0 N–H and O–H groups in total. The Morgan fingerprint density at radius 2 is 2.21 bits per heavy atom. The minimum absolute atomic E-state index is 0.0965. The van der Waals surface area contributed by atoms with Crippen LogP contribution < -0.4 is 0 Å². The average molecular weight is 264 g/mol. The summed E-state index contributed by atoms with van der Waals surface area (Å²) in [6.45, 7) is 3.74. The molecule has 0 aromatic heterocycles. The monoisotopic (exact) mass is 264 g/mol. The van der Waals surface area contributed by atoms with Gasteiger partial charge >= 0.3 is 5.97 Å². The van der Waals surface area contributed by atoms with Gasteiger partial charge in [0.1, 0.15) is 0 Å². The molecule has 3 fully saturated rings. The van der Waals surface area contributed by atoms with Gasteiger partial charge in [-0.15, -0.1) is 0 Å². The summed E-state index contributed by atoms with van der Waals surface area (Å²) in [6, 6.07) is 0. The zero-order chi connectivity index (χ0) is 13.0. The summed E-state index contributed by atoms with van der Waals surface area (Å²) >= 11 is 0. The second-order valence-corrected chi connectivity index (χ2v) is 6.04. The van der Waals surface area contributed by atoms with E-state index in [2.05, 4.69) is 6.08 Å². The van der Waals surface area contributed by atoms with Crippen molar-refractivity contribution in [2.45, 2.75) is 32.0 Å². The second-order valence-electron chi connectivity index (χ2n) is 6.04. The number of rotatable bonds is 3. The highest BCUT2D eigenvalue weighted by Crippen LogP contribution is 2.68. The Kier molecular flexibility index (Phi) is 2.55. The van der Waals surface area contributed by atoms with Crippen LogP contribution in [0.3, 0.4) is 0 Å². The molecule has 4 nitrogen and oxygen atoms in total. The molecule has 4 aliphatic rings. The maximum absolute atomic E-state index is 11.7. The first-order chi connectivity index (χ1) is 9.26. The number of carbonyl (C=O) groups is 1. The summed E-state index contributed by atoms with van der Waals surface area (Å²) in [7, 11) is 0. The van der Waals surface area contributed by atoms with E-state index in [9.17, 15) is 4.79 Å². The molecule has 1 aliphatic heterocycles. The lowest BCUT2D eigenvalue weighted by atomic mass is 9.61. The molecule has 0 radical (unpaired) electrons. The van der Waals surface area contributed by atoms with Crippen LogP contribution in [-0.4, -0.2) is 31.6 Å². The van der Waals surface area contributed by atoms with E-state index in [1.54, 1.807) is 0 Å². The molecule has 0 amide bonds. The predicted octanol–water partition coefficient (Wildman–Crippen LogP) is 1.89. The third-order valence-electron chi connectivity index (χ3n) is 5.38. The lowest BCUT2D eigenvalue weighted by molar-refractivity contribution is -0.298. The van der Waals surface area contributed by atoms with Gasteiger partial charge in [0.2, 0.25) is 0 Å². The van der Waals surface area contributed by atoms with Crippen LogP contribution in [-0.2, 0) is 19.0 Å². The second kappa shape index (κ2) is 4.06. The van der Waals surface area contributed by atoms with Crippen molar-refractivity contribution in [2.75, 3.05) is 19.8 Å². The largest absolute Gasteiger partial charge is 0.466 e. The molecule has 1 heterocycles. The summed E-state index contributed by atoms with van der Waals surface area (Å²) in [5.74, 6) is 1.70. The topological polar surface area (TPSA) is 44.8 Å². The molecule has 3 aliphatic carbocycles. The molecule has 1 spiro atoms. The van der Waals surface area contributed by atoms with Crippen LogP contribution in [0.1, 0.15) is 26.2 Å². The fourth-order valence-electron chi connectivity index (χ4n) is 4.82. The third kappa shape index (κ3) is 1.44. The molecule has 104 valence electrons. The Hall–Kier alpha value is -0.870. The van der Waals surface area contributed by atoms with E-state index in [1.807, 2.05) is 6.92 Å². The number of fused-ring (bicyclic) bond motifs is 2. The predicted molar refractivity (Wildman–Crippen MR) is 67.2 cm³/mol. The number of hydrogen-bond donors (Lipinski definition) is 0. The van der Waals surface area contributed by atoms with Gasteiger partial charge in [0.05, 0.1) is 26.2 Å². The van der Waals surface area contributed by atoms with Crippen LogP contribution in [0.5, 0.6) is 0 Å². The summed E-state index contributed by atoms with van der Waals surface area (Å²) in [5.41, 5.74) is 1.27. The molecule has 2 saturated carbocycles. The highest BCUT2D eigenvalue weighted by Gasteiger charge is 2.71. The number of ether oxygens (including phenoxy) is 3. The van der Waals surface area contributed by atoms with Crippen LogP contribution in [0.4, 0.5) is 0 Å². The van der Waals surface area contributed by atoms with Gasteiger partial charge in [-0.25, -0.2) is 0 Å². The van der Waals surface area contributed by atoms with E-state index in [4.69, 9.17) is 14.2 Å². The average Bonchev–Trinajstić information content (AvgIpc) is 3.02. The van der Waals surface area contributed by atoms with E-state index in [0.717, 1.165) is 0 Å². The van der Waals surface area contributed by atoms with Crippen LogP contribution in [0.25, 0.3) is 0 Å². The normalized spacial score (nSPS) is 41.0. The Labute approximate surface area is 113 Å². The van der Waals surface area contributed by atoms with Crippen molar-refractivity contribution < 1.29 is 19.0 Å². The Morgan fingerprint density at radius 3 is 2.95 bits per heavy atom. The van der Waals surface area contributed by atoms with Crippen molar-refractivity contribution in [1.82, 2.24) is 0 Å². The standard InChI is InChI=1S/C15H20O4/c1-2-17-13(16)8-9-7-12-14-10(9)3-4-11(14)15(12)18-5-6-19-15/h7,10-12,14H,2-6,8H2,1H3/t10?,11-,12?,14+/m0/s1.